The molecule has 54 heavy (non-hydrogen) atoms. The van der Waals surface area contributed by atoms with Gasteiger partial charge in [0.1, 0.15) is 22.4 Å². The second kappa shape index (κ2) is 17.3. The minimum Gasteiger partial charge on any atom is -0.494 e. The van der Waals surface area contributed by atoms with E-state index in [1.54, 1.807) is 91.5 Å². The SMILES string of the molecule is CCOc1ccc(/C=C(/NC(=O)c2ccccc2)C(=O)Nc2cccc(SC(C(=O)Nc3c(C)n(C)n(-c4ccccc4)c3=O)c3ccccc3)c2)cc1. The number of benzene rings is 5. The summed E-state index contributed by atoms with van der Waals surface area (Å²) in [6.07, 6.45) is 1.59. The Labute approximate surface area is 317 Å². The lowest BCUT2D eigenvalue weighted by Gasteiger charge is -2.17. The number of nitrogens with one attached hydrogen (secondary N) is 3. The highest BCUT2D eigenvalue weighted by molar-refractivity contribution is 8.00. The van der Waals surface area contributed by atoms with Crippen molar-refractivity contribution in [2.45, 2.75) is 24.0 Å². The lowest BCUT2D eigenvalue weighted by atomic mass is 10.1. The molecule has 5 aromatic carbocycles. The summed E-state index contributed by atoms with van der Waals surface area (Å²) in [6.45, 7) is 4.20. The zero-order valence-electron chi connectivity index (χ0n) is 30.0. The van der Waals surface area contributed by atoms with Crippen molar-refractivity contribution >= 4 is 46.9 Å². The van der Waals surface area contributed by atoms with Crippen LogP contribution in [-0.4, -0.2) is 33.7 Å². The largest absolute Gasteiger partial charge is 0.494 e. The average molecular weight is 738 g/mol. The molecule has 0 saturated heterocycles. The zero-order chi connectivity index (χ0) is 38.0. The van der Waals surface area contributed by atoms with Crippen molar-refractivity contribution in [1.82, 2.24) is 14.7 Å². The fourth-order valence-corrected chi connectivity index (χ4v) is 6.80. The van der Waals surface area contributed by atoms with E-state index in [9.17, 15) is 19.2 Å². The molecule has 0 spiro atoms. The second-order valence-electron chi connectivity index (χ2n) is 12.2. The topological polar surface area (TPSA) is 123 Å². The number of nitrogens with zero attached hydrogens (tertiary/aromatic N) is 2. The number of hydrogen-bond acceptors (Lipinski definition) is 6. The van der Waals surface area contributed by atoms with Crippen LogP contribution in [0.25, 0.3) is 11.8 Å². The molecule has 1 atom stereocenters. The molecule has 10 nitrogen and oxygen atoms in total. The highest BCUT2D eigenvalue weighted by Crippen LogP contribution is 2.37. The molecule has 0 aliphatic heterocycles. The van der Waals surface area contributed by atoms with Crippen LogP contribution in [0.3, 0.4) is 0 Å². The molecule has 0 bridgehead atoms. The number of amides is 3. The molecule has 1 aromatic heterocycles. The first-order valence-electron chi connectivity index (χ1n) is 17.3. The summed E-state index contributed by atoms with van der Waals surface area (Å²) in [5.74, 6) is -0.667. The van der Waals surface area contributed by atoms with Gasteiger partial charge in [0.05, 0.1) is 18.0 Å². The van der Waals surface area contributed by atoms with Crippen LogP contribution in [0.2, 0.25) is 0 Å². The first kappa shape index (κ1) is 37.2. The van der Waals surface area contributed by atoms with E-state index < -0.39 is 17.1 Å². The molecule has 0 radical (unpaired) electrons. The van der Waals surface area contributed by atoms with Crippen LogP contribution >= 0.6 is 11.8 Å². The Morgan fingerprint density at radius 2 is 1.44 bits per heavy atom. The Morgan fingerprint density at radius 3 is 2.11 bits per heavy atom. The number of hydrogen-bond donors (Lipinski definition) is 3. The van der Waals surface area contributed by atoms with Crippen LogP contribution in [0.15, 0.2) is 155 Å². The molecule has 3 amide bonds. The van der Waals surface area contributed by atoms with Gasteiger partial charge in [-0.1, -0.05) is 84.9 Å². The summed E-state index contributed by atoms with van der Waals surface area (Å²) in [5, 5.41) is 7.84. The van der Waals surface area contributed by atoms with E-state index in [2.05, 4.69) is 16.0 Å². The molecule has 3 N–H and O–H groups in total. The number of rotatable bonds is 13. The Balaban J connectivity index is 1.25. The fourth-order valence-electron chi connectivity index (χ4n) is 5.72. The van der Waals surface area contributed by atoms with Crippen molar-refractivity contribution in [3.63, 3.8) is 0 Å². The van der Waals surface area contributed by atoms with Crippen molar-refractivity contribution in [2.75, 3.05) is 17.2 Å². The van der Waals surface area contributed by atoms with E-state index in [1.807, 2.05) is 79.7 Å². The molecular weight excluding hydrogens is 699 g/mol. The van der Waals surface area contributed by atoms with Crippen LogP contribution in [-0.2, 0) is 16.6 Å². The Morgan fingerprint density at radius 1 is 0.796 bits per heavy atom. The van der Waals surface area contributed by atoms with Crippen molar-refractivity contribution in [1.29, 1.82) is 0 Å². The molecule has 1 heterocycles. The number of aromatic nitrogens is 2. The predicted octanol–water partition coefficient (Wildman–Crippen LogP) is 7.76. The molecule has 0 aliphatic carbocycles. The number of anilines is 2. The molecular formula is C43H39N5O5S. The minimum absolute atomic E-state index is 0.0343. The van der Waals surface area contributed by atoms with E-state index in [-0.39, 0.29) is 22.9 Å². The van der Waals surface area contributed by atoms with E-state index in [0.29, 0.717) is 45.4 Å². The van der Waals surface area contributed by atoms with Gasteiger partial charge in [-0.15, -0.1) is 11.8 Å². The van der Waals surface area contributed by atoms with Gasteiger partial charge in [-0.05, 0) is 85.6 Å². The molecule has 6 aromatic rings. The highest BCUT2D eigenvalue weighted by Gasteiger charge is 2.26. The first-order chi connectivity index (χ1) is 26.2. The Hall–Kier alpha value is -6.59. The monoisotopic (exact) mass is 737 g/mol. The van der Waals surface area contributed by atoms with Gasteiger partial charge in [0.2, 0.25) is 5.91 Å². The van der Waals surface area contributed by atoms with Crippen LogP contribution in [0, 0.1) is 6.92 Å². The summed E-state index contributed by atoms with van der Waals surface area (Å²) in [5.41, 5.74) is 3.43. The Bertz CT molecular complexity index is 2340. The van der Waals surface area contributed by atoms with Crippen molar-refractivity contribution in [3.05, 3.63) is 178 Å². The van der Waals surface area contributed by atoms with Crippen LogP contribution < -0.4 is 26.2 Å². The summed E-state index contributed by atoms with van der Waals surface area (Å²) < 4.78 is 8.78. The van der Waals surface area contributed by atoms with Gasteiger partial charge in [0, 0.05) is 23.2 Å². The molecule has 0 aliphatic rings. The zero-order valence-corrected chi connectivity index (χ0v) is 30.8. The van der Waals surface area contributed by atoms with Crippen molar-refractivity contribution in [2.24, 2.45) is 7.05 Å². The molecule has 6 rings (SSSR count). The smallest absolute Gasteiger partial charge is 0.295 e. The first-order valence-corrected chi connectivity index (χ1v) is 18.2. The third-order valence-electron chi connectivity index (χ3n) is 8.52. The van der Waals surface area contributed by atoms with Crippen molar-refractivity contribution in [3.8, 4) is 11.4 Å². The van der Waals surface area contributed by atoms with E-state index >= 15 is 0 Å². The molecule has 272 valence electrons. The summed E-state index contributed by atoms with van der Waals surface area (Å²) >= 11 is 1.28. The standard InChI is InChI=1S/C43H39N5O5S/c1-4-53-35-25-23-30(24-26-35)27-37(45-40(49)32-17-10-6-11-18-32)41(50)44-33-19-14-22-36(28-33)54-39(31-15-8-5-9-16-31)42(51)46-38-29(2)47(3)48(43(38)52)34-20-12-7-13-21-34/h5-28,39H,4H2,1-3H3,(H,44,50)(H,45,49)(H,46,51)/b37-27+. The third-order valence-corrected chi connectivity index (χ3v) is 9.77. The maximum atomic E-state index is 14.1. The quantitative estimate of drug-likeness (QED) is 0.0823. The summed E-state index contributed by atoms with van der Waals surface area (Å²) in [6, 6.07) is 41.4. The Kier molecular flexibility index (Phi) is 11.9. The van der Waals surface area contributed by atoms with Crippen LogP contribution in [0.4, 0.5) is 11.4 Å². The van der Waals surface area contributed by atoms with Gasteiger partial charge in [0.15, 0.2) is 0 Å². The van der Waals surface area contributed by atoms with Crippen molar-refractivity contribution < 1.29 is 19.1 Å². The van der Waals surface area contributed by atoms with Gasteiger partial charge in [-0.2, -0.15) is 0 Å². The number of ether oxygens (including phenoxy) is 1. The van der Waals surface area contributed by atoms with Crippen LogP contribution in [0.5, 0.6) is 5.75 Å². The van der Waals surface area contributed by atoms with Crippen LogP contribution in [0.1, 0.15) is 39.4 Å². The van der Waals surface area contributed by atoms with Gasteiger partial charge in [-0.3, -0.25) is 23.9 Å². The summed E-state index contributed by atoms with van der Waals surface area (Å²) in [7, 11) is 1.77. The summed E-state index contributed by atoms with van der Waals surface area (Å²) in [4.78, 5) is 55.3. The average Bonchev–Trinajstić information content (AvgIpc) is 3.40. The van der Waals surface area contributed by atoms with E-state index in [1.165, 1.54) is 16.4 Å². The third kappa shape index (κ3) is 8.88. The van der Waals surface area contributed by atoms with E-state index in [4.69, 9.17) is 4.74 Å². The number of para-hydroxylation sites is 1. The number of thioether (sulfide) groups is 1. The maximum Gasteiger partial charge on any atom is 0.295 e. The highest BCUT2D eigenvalue weighted by atomic mass is 32.2. The second-order valence-corrected chi connectivity index (χ2v) is 13.4. The van der Waals surface area contributed by atoms with E-state index in [0.717, 1.165) is 5.56 Å². The predicted molar refractivity (Wildman–Crippen MR) is 214 cm³/mol. The van der Waals surface area contributed by atoms with Gasteiger partial charge >= 0.3 is 0 Å². The fraction of sp³-hybridized carbons (Fsp3) is 0.116. The lowest BCUT2D eigenvalue weighted by molar-refractivity contribution is -0.116. The van der Waals surface area contributed by atoms with Gasteiger partial charge < -0.3 is 20.7 Å². The molecule has 1 unspecified atom stereocenters. The normalized spacial score (nSPS) is 11.7. The molecule has 11 heteroatoms. The lowest BCUT2D eigenvalue weighted by Crippen LogP contribution is -2.30. The number of carbonyl (C=O) groups excluding carboxylic acids is 3. The molecule has 0 fully saturated rings. The molecule has 0 saturated carbocycles. The number of carbonyl (C=O) groups is 3. The van der Waals surface area contributed by atoms with Gasteiger partial charge in [0.25, 0.3) is 17.4 Å². The van der Waals surface area contributed by atoms with Gasteiger partial charge in [-0.25, -0.2) is 4.68 Å². The maximum absolute atomic E-state index is 14.1. The minimum atomic E-state index is -0.749.